The summed E-state index contributed by atoms with van der Waals surface area (Å²) in [4.78, 5) is 11.4. The van der Waals surface area contributed by atoms with Gasteiger partial charge in [0, 0.05) is 44.5 Å². The molecule has 2 heterocycles. The Labute approximate surface area is 121 Å². The summed E-state index contributed by atoms with van der Waals surface area (Å²) in [5.74, 6) is 2.63. The van der Waals surface area contributed by atoms with Crippen LogP contribution in [0.3, 0.4) is 0 Å². The van der Waals surface area contributed by atoms with Gasteiger partial charge < -0.3 is 9.64 Å². The summed E-state index contributed by atoms with van der Waals surface area (Å²) in [5.41, 5.74) is 1.25. The van der Waals surface area contributed by atoms with Gasteiger partial charge in [-0.05, 0) is 44.4 Å². The molecular weight excluding hydrogens is 250 g/mol. The number of nitrogens with zero attached hydrogens (tertiary/aromatic N) is 3. The Morgan fingerprint density at radius 3 is 3.00 bits per heavy atom. The second-order valence-corrected chi connectivity index (χ2v) is 6.16. The minimum Gasteiger partial charge on any atom is -0.385 e. The van der Waals surface area contributed by atoms with E-state index in [2.05, 4.69) is 20.9 Å². The van der Waals surface area contributed by atoms with Gasteiger partial charge in [0.05, 0.1) is 0 Å². The van der Waals surface area contributed by atoms with Crippen molar-refractivity contribution in [3.05, 3.63) is 18.1 Å². The quantitative estimate of drug-likeness (QED) is 0.748. The third kappa shape index (κ3) is 3.48. The van der Waals surface area contributed by atoms with Crippen LogP contribution in [0, 0.1) is 5.92 Å². The molecule has 20 heavy (non-hydrogen) atoms. The molecule has 1 aromatic rings. The van der Waals surface area contributed by atoms with Gasteiger partial charge in [0.15, 0.2) is 0 Å². The van der Waals surface area contributed by atoms with Gasteiger partial charge >= 0.3 is 0 Å². The van der Waals surface area contributed by atoms with Crippen LogP contribution in [0.2, 0.25) is 0 Å². The number of hydrogen-bond donors (Lipinski definition) is 0. The number of hydrogen-bond acceptors (Lipinski definition) is 4. The predicted octanol–water partition coefficient (Wildman–Crippen LogP) is 3.00. The molecule has 0 unspecified atom stereocenters. The SMILES string of the molecule is COCCC[C@@H]1CCCN(c2cc(C3CC3)ncn2)C1. The van der Waals surface area contributed by atoms with Crippen LogP contribution in [0.1, 0.15) is 50.1 Å². The fourth-order valence-corrected chi connectivity index (χ4v) is 3.16. The lowest BCUT2D eigenvalue weighted by molar-refractivity contribution is 0.184. The van der Waals surface area contributed by atoms with Crippen molar-refractivity contribution in [2.75, 3.05) is 31.7 Å². The van der Waals surface area contributed by atoms with Gasteiger partial charge in [-0.15, -0.1) is 0 Å². The van der Waals surface area contributed by atoms with Gasteiger partial charge in [-0.1, -0.05) is 0 Å². The first-order valence-corrected chi connectivity index (χ1v) is 7.92. The molecule has 0 aromatic carbocycles. The molecule has 1 aromatic heterocycles. The minimum absolute atomic E-state index is 0.707. The van der Waals surface area contributed by atoms with E-state index in [1.807, 2.05) is 0 Å². The van der Waals surface area contributed by atoms with E-state index in [0.717, 1.165) is 31.4 Å². The molecule has 0 bridgehead atoms. The van der Waals surface area contributed by atoms with E-state index in [0.29, 0.717) is 5.92 Å². The van der Waals surface area contributed by atoms with Crippen LogP contribution in [0.4, 0.5) is 5.82 Å². The van der Waals surface area contributed by atoms with Crippen LogP contribution >= 0.6 is 0 Å². The summed E-state index contributed by atoms with van der Waals surface area (Å²) in [6.45, 7) is 3.17. The van der Waals surface area contributed by atoms with E-state index in [4.69, 9.17) is 4.74 Å². The molecule has 1 aliphatic heterocycles. The number of methoxy groups -OCH3 is 1. The Bertz CT molecular complexity index is 433. The van der Waals surface area contributed by atoms with E-state index in [-0.39, 0.29) is 0 Å². The van der Waals surface area contributed by atoms with Crippen molar-refractivity contribution in [1.29, 1.82) is 0 Å². The van der Waals surface area contributed by atoms with Gasteiger partial charge in [0.2, 0.25) is 0 Å². The topological polar surface area (TPSA) is 38.2 Å². The van der Waals surface area contributed by atoms with Crippen LogP contribution in [0.25, 0.3) is 0 Å². The van der Waals surface area contributed by atoms with Crippen molar-refractivity contribution in [3.8, 4) is 0 Å². The maximum absolute atomic E-state index is 5.16. The third-order valence-electron chi connectivity index (χ3n) is 4.47. The van der Waals surface area contributed by atoms with Crippen molar-refractivity contribution >= 4 is 5.82 Å². The number of aromatic nitrogens is 2. The summed E-state index contributed by atoms with van der Waals surface area (Å²) in [6, 6.07) is 2.22. The summed E-state index contributed by atoms with van der Waals surface area (Å²) < 4.78 is 5.16. The van der Waals surface area contributed by atoms with Crippen LogP contribution in [0.15, 0.2) is 12.4 Å². The van der Waals surface area contributed by atoms with Crippen molar-refractivity contribution in [2.45, 2.75) is 44.4 Å². The molecule has 0 N–H and O–H groups in total. The van der Waals surface area contributed by atoms with Crippen molar-refractivity contribution in [2.24, 2.45) is 5.92 Å². The first-order valence-electron chi connectivity index (χ1n) is 7.92. The molecule has 3 rings (SSSR count). The van der Waals surface area contributed by atoms with Crippen molar-refractivity contribution < 1.29 is 4.74 Å². The highest BCUT2D eigenvalue weighted by Crippen LogP contribution is 2.39. The Morgan fingerprint density at radius 2 is 2.20 bits per heavy atom. The average molecular weight is 275 g/mol. The third-order valence-corrected chi connectivity index (χ3v) is 4.47. The van der Waals surface area contributed by atoms with Crippen LogP contribution < -0.4 is 4.90 Å². The maximum atomic E-state index is 5.16. The molecule has 2 fully saturated rings. The summed E-state index contributed by atoms with van der Waals surface area (Å²) >= 11 is 0. The first kappa shape index (κ1) is 13.8. The molecule has 1 aliphatic carbocycles. The molecule has 110 valence electrons. The van der Waals surface area contributed by atoms with E-state index in [1.54, 1.807) is 13.4 Å². The maximum Gasteiger partial charge on any atom is 0.132 e. The zero-order valence-electron chi connectivity index (χ0n) is 12.4. The highest BCUT2D eigenvalue weighted by molar-refractivity contribution is 5.40. The van der Waals surface area contributed by atoms with Crippen molar-refractivity contribution in [3.63, 3.8) is 0 Å². The van der Waals surface area contributed by atoms with E-state index in [9.17, 15) is 0 Å². The highest BCUT2D eigenvalue weighted by Gasteiger charge is 2.27. The lowest BCUT2D eigenvalue weighted by Crippen LogP contribution is -2.36. The van der Waals surface area contributed by atoms with Gasteiger partial charge in [-0.2, -0.15) is 0 Å². The number of piperidine rings is 1. The molecule has 4 nitrogen and oxygen atoms in total. The monoisotopic (exact) mass is 275 g/mol. The minimum atomic E-state index is 0.707. The Morgan fingerprint density at radius 1 is 1.30 bits per heavy atom. The normalized spacial score (nSPS) is 23.1. The van der Waals surface area contributed by atoms with Gasteiger partial charge in [0.1, 0.15) is 12.1 Å². The lowest BCUT2D eigenvalue weighted by Gasteiger charge is -2.33. The molecular formula is C16H25N3O. The zero-order valence-corrected chi connectivity index (χ0v) is 12.4. The summed E-state index contributed by atoms with van der Waals surface area (Å²) in [7, 11) is 1.79. The smallest absolute Gasteiger partial charge is 0.132 e. The number of anilines is 1. The Kier molecular flexibility index (Phi) is 4.51. The number of ether oxygens (including phenoxy) is 1. The summed E-state index contributed by atoms with van der Waals surface area (Å²) in [5, 5.41) is 0. The molecule has 0 radical (unpaired) electrons. The molecule has 4 heteroatoms. The lowest BCUT2D eigenvalue weighted by atomic mass is 9.93. The fraction of sp³-hybridized carbons (Fsp3) is 0.750. The number of rotatable bonds is 6. The van der Waals surface area contributed by atoms with Crippen LogP contribution in [0.5, 0.6) is 0 Å². The predicted molar refractivity (Wildman–Crippen MR) is 80.1 cm³/mol. The standard InChI is InChI=1S/C16H25N3O/c1-20-9-3-5-13-4-2-8-19(11-13)16-10-15(14-6-7-14)17-12-18-16/h10,12-14H,2-9,11H2,1H3/t13-/m0/s1. The molecule has 0 amide bonds. The highest BCUT2D eigenvalue weighted by atomic mass is 16.5. The van der Waals surface area contributed by atoms with Crippen molar-refractivity contribution in [1.82, 2.24) is 9.97 Å². The fourth-order valence-electron chi connectivity index (χ4n) is 3.16. The van der Waals surface area contributed by atoms with Gasteiger partial charge in [0.25, 0.3) is 0 Å². The first-order chi connectivity index (χ1) is 9.86. The van der Waals surface area contributed by atoms with Gasteiger partial charge in [-0.25, -0.2) is 9.97 Å². The van der Waals surface area contributed by atoms with E-state index in [1.165, 1.54) is 44.2 Å². The second-order valence-electron chi connectivity index (χ2n) is 6.16. The molecule has 1 atom stereocenters. The zero-order chi connectivity index (χ0) is 13.8. The van der Waals surface area contributed by atoms with Crippen LogP contribution in [-0.4, -0.2) is 36.8 Å². The second kappa shape index (κ2) is 6.53. The van der Waals surface area contributed by atoms with E-state index >= 15 is 0 Å². The summed E-state index contributed by atoms with van der Waals surface area (Å²) in [6.07, 6.45) is 9.42. The Hall–Kier alpha value is -1.16. The molecule has 2 aliphatic rings. The Balaban J connectivity index is 1.59. The van der Waals surface area contributed by atoms with Crippen LogP contribution in [-0.2, 0) is 4.74 Å². The van der Waals surface area contributed by atoms with E-state index < -0.39 is 0 Å². The van der Waals surface area contributed by atoms with Gasteiger partial charge in [-0.3, -0.25) is 0 Å². The molecule has 1 saturated carbocycles. The average Bonchev–Trinajstić information content (AvgIpc) is 3.33. The molecule has 1 saturated heterocycles. The molecule has 0 spiro atoms. The largest absolute Gasteiger partial charge is 0.385 e.